The van der Waals surface area contributed by atoms with Crippen LogP contribution in [0.3, 0.4) is 0 Å². The number of hydrogen-bond acceptors (Lipinski definition) is 3. The molecule has 0 fully saturated rings. The van der Waals surface area contributed by atoms with Gasteiger partial charge in [0.25, 0.3) is 0 Å². The summed E-state index contributed by atoms with van der Waals surface area (Å²) < 4.78 is 15.6. The number of halogens is 1. The molecule has 21 heavy (non-hydrogen) atoms. The maximum absolute atomic E-state index is 13.9. The molecular formula is C16H17FN4. The Morgan fingerprint density at radius 3 is 2.86 bits per heavy atom. The highest BCUT2D eigenvalue weighted by Crippen LogP contribution is 2.22. The summed E-state index contributed by atoms with van der Waals surface area (Å²) in [6.45, 7) is 3.99. The Balaban J connectivity index is 1.97. The fourth-order valence-corrected chi connectivity index (χ4v) is 2.37. The van der Waals surface area contributed by atoms with Gasteiger partial charge in [-0.3, -0.25) is 0 Å². The number of nitrogens with zero attached hydrogens (tertiary/aromatic N) is 3. The first-order valence-corrected chi connectivity index (χ1v) is 7.03. The molecule has 0 aliphatic rings. The van der Waals surface area contributed by atoms with Crippen LogP contribution in [-0.2, 0) is 6.42 Å². The topological polar surface area (TPSA) is 42.2 Å². The highest BCUT2D eigenvalue weighted by Gasteiger charge is 2.13. The van der Waals surface area contributed by atoms with E-state index in [0.29, 0.717) is 5.56 Å². The van der Waals surface area contributed by atoms with Crippen LogP contribution < -0.4 is 5.32 Å². The van der Waals surface area contributed by atoms with Crippen molar-refractivity contribution in [1.29, 1.82) is 0 Å². The van der Waals surface area contributed by atoms with E-state index < -0.39 is 0 Å². The summed E-state index contributed by atoms with van der Waals surface area (Å²) in [6.07, 6.45) is 2.55. The van der Waals surface area contributed by atoms with Gasteiger partial charge in [-0.25, -0.2) is 9.37 Å². The molecule has 2 heterocycles. The van der Waals surface area contributed by atoms with Gasteiger partial charge < -0.3 is 5.32 Å². The van der Waals surface area contributed by atoms with Crippen LogP contribution >= 0.6 is 0 Å². The standard InChI is InChI=1S/C16H17FN4/c1-3-12-10-16(21-15(20-12)8-9-18-21)19-11(2)13-6-4-5-7-14(13)17/h4-11,19H,3H2,1-2H3/t11-/m1/s1. The van der Waals surface area contributed by atoms with Gasteiger partial charge in [0.2, 0.25) is 0 Å². The zero-order chi connectivity index (χ0) is 14.8. The fourth-order valence-electron chi connectivity index (χ4n) is 2.37. The first-order chi connectivity index (χ1) is 10.2. The minimum atomic E-state index is -0.209. The molecule has 1 aromatic carbocycles. The summed E-state index contributed by atoms with van der Waals surface area (Å²) in [5.41, 5.74) is 2.40. The van der Waals surface area contributed by atoms with E-state index in [4.69, 9.17) is 0 Å². The Morgan fingerprint density at radius 2 is 2.10 bits per heavy atom. The zero-order valence-corrected chi connectivity index (χ0v) is 12.0. The summed E-state index contributed by atoms with van der Waals surface area (Å²) in [6, 6.07) is 10.4. The van der Waals surface area contributed by atoms with Gasteiger partial charge >= 0.3 is 0 Å². The maximum Gasteiger partial charge on any atom is 0.157 e. The Bertz CT molecular complexity index is 766. The van der Waals surface area contributed by atoms with Crippen molar-refractivity contribution < 1.29 is 4.39 Å². The molecule has 0 aliphatic carbocycles. The molecule has 0 saturated heterocycles. The largest absolute Gasteiger partial charge is 0.363 e. The number of aromatic nitrogens is 3. The normalized spacial score (nSPS) is 12.5. The molecule has 108 valence electrons. The van der Waals surface area contributed by atoms with Crippen LogP contribution in [0.2, 0.25) is 0 Å². The third-order valence-corrected chi connectivity index (χ3v) is 3.51. The number of rotatable bonds is 4. The van der Waals surface area contributed by atoms with Crippen molar-refractivity contribution >= 4 is 11.5 Å². The molecule has 4 nitrogen and oxygen atoms in total. The molecule has 3 aromatic rings. The average Bonchev–Trinajstić information content (AvgIpc) is 2.96. The highest BCUT2D eigenvalue weighted by molar-refractivity contribution is 5.50. The van der Waals surface area contributed by atoms with Crippen LogP contribution in [0.4, 0.5) is 10.2 Å². The third kappa shape index (κ3) is 2.59. The Labute approximate surface area is 122 Å². The number of anilines is 1. The monoisotopic (exact) mass is 284 g/mol. The number of benzene rings is 1. The van der Waals surface area contributed by atoms with E-state index in [0.717, 1.165) is 23.6 Å². The lowest BCUT2D eigenvalue weighted by Crippen LogP contribution is -2.12. The van der Waals surface area contributed by atoms with Crippen molar-refractivity contribution in [3.8, 4) is 0 Å². The van der Waals surface area contributed by atoms with Crippen LogP contribution in [0.15, 0.2) is 42.6 Å². The summed E-state index contributed by atoms with van der Waals surface area (Å²) in [5.74, 6) is 0.608. The molecule has 0 bridgehead atoms. The molecule has 1 N–H and O–H groups in total. The SMILES string of the molecule is CCc1cc(N[C@H](C)c2ccccc2F)n2nccc2n1. The number of nitrogens with one attached hydrogen (secondary N) is 1. The lowest BCUT2D eigenvalue weighted by atomic mass is 10.1. The molecule has 0 saturated carbocycles. The molecule has 0 amide bonds. The molecule has 5 heteroatoms. The summed E-state index contributed by atoms with van der Waals surface area (Å²) >= 11 is 0. The molecule has 0 unspecified atom stereocenters. The average molecular weight is 284 g/mol. The minimum absolute atomic E-state index is 0.161. The van der Waals surface area contributed by atoms with E-state index in [-0.39, 0.29) is 11.9 Å². The fraction of sp³-hybridized carbons (Fsp3) is 0.250. The molecule has 3 rings (SSSR count). The lowest BCUT2D eigenvalue weighted by molar-refractivity contribution is 0.599. The Hall–Kier alpha value is -2.43. The van der Waals surface area contributed by atoms with Gasteiger partial charge in [-0.05, 0) is 19.4 Å². The van der Waals surface area contributed by atoms with E-state index >= 15 is 0 Å². The zero-order valence-electron chi connectivity index (χ0n) is 12.0. The van der Waals surface area contributed by atoms with E-state index in [9.17, 15) is 4.39 Å². The van der Waals surface area contributed by atoms with Gasteiger partial charge in [-0.15, -0.1) is 0 Å². The summed E-state index contributed by atoms with van der Waals surface area (Å²) in [4.78, 5) is 4.50. The van der Waals surface area contributed by atoms with Crippen molar-refractivity contribution in [3.63, 3.8) is 0 Å². The van der Waals surface area contributed by atoms with Crippen LogP contribution in [0.1, 0.15) is 31.1 Å². The predicted octanol–water partition coefficient (Wildman–Crippen LogP) is 3.60. The van der Waals surface area contributed by atoms with Gasteiger partial charge in [0.05, 0.1) is 12.2 Å². The maximum atomic E-state index is 13.9. The van der Waals surface area contributed by atoms with Crippen molar-refractivity contribution in [2.75, 3.05) is 5.32 Å². The second kappa shape index (κ2) is 5.52. The number of fused-ring (bicyclic) bond motifs is 1. The van der Waals surface area contributed by atoms with Crippen molar-refractivity contribution in [1.82, 2.24) is 14.6 Å². The minimum Gasteiger partial charge on any atom is -0.363 e. The van der Waals surface area contributed by atoms with E-state index in [1.807, 2.05) is 25.1 Å². The summed E-state index contributed by atoms with van der Waals surface area (Å²) in [7, 11) is 0. The van der Waals surface area contributed by atoms with E-state index in [2.05, 4.69) is 22.3 Å². The predicted molar refractivity (Wildman–Crippen MR) is 80.8 cm³/mol. The Morgan fingerprint density at radius 1 is 1.29 bits per heavy atom. The molecule has 0 aliphatic heterocycles. The van der Waals surface area contributed by atoms with Crippen LogP contribution in [0, 0.1) is 5.82 Å². The van der Waals surface area contributed by atoms with Crippen LogP contribution in [0.25, 0.3) is 5.65 Å². The first-order valence-electron chi connectivity index (χ1n) is 7.03. The van der Waals surface area contributed by atoms with Crippen LogP contribution in [-0.4, -0.2) is 14.6 Å². The second-order valence-electron chi connectivity index (χ2n) is 4.98. The molecule has 2 aromatic heterocycles. The molecular weight excluding hydrogens is 267 g/mol. The highest BCUT2D eigenvalue weighted by atomic mass is 19.1. The van der Waals surface area contributed by atoms with Gasteiger partial charge in [0.15, 0.2) is 5.65 Å². The van der Waals surface area contributed by atoms with Crippen LogP contribution in [0.5, 0.6) is 0 Å². The Kier molecular flexibility index (Phi) is 3.56. The third-order valence-electron chi connectivity index (χ3n) is 3.51. The van der Waals surface area contributed by atoms with Gasteiger partial charge in [-0.2, -0.15) is 9.61 Å². The summed E-state index contributed by atoms with van der Waals surface area (Å²) in [5, 5.41) is 7.58. The van der Waals surface area contributed by atoms with E-state index in [1.165, 1.54) is 6.07 Å². The van der Waals surface area contributed by atoms with Gasteiger partial charge in [-0.1, -0.05) is 25.1 Å². The second-order valence-corrected chi connectivity index (χ2v) is 4.98. The smallest absolute Gasteiger partial charge is 0.157 e. The van der Waals surface area contributed by atoms with E-state index in [1.54, 1.807) is 22.8 Å². The van der Waals surface area contributed by atoms with Crippen molar-refractivity contribution in [2.45, 2.75) is 26.3 Å². The van der Waals surface area contributed by atoms with Gasteiger partial charge in [0.1, 0.15) is 11.6 Å². The lowest BCUT2D eigenvalue weighted by Gasteiger charge is -2.17. The van der Waals surface area contributed by atoms with Gasteiger partial charge in [0, 0.05) is 23.4 Å². The first kappa shape index (κ1) is 13.5. The molecule has 1 atom stereocenters. The number of aryl methyl sites for hydroxylation is 1. The van der Waals surface area contributed by atoms with Crippen molar-refractivity contribution in [3.05, 3.63) is 59.7 Å². The molecule has 0 radical (unpaired) electrons. The van der Waals surface area contributed by atoms with Crippen molar-refractivity contribution in [2.24, 2.45) is 0 Å². The quantitative estimate of drug-likeness (QED) is 0.796. The number of hydrogen-bond donors (Lipinski definition) is 1. The molecule has 0 spiro atoms.